The van der Waals surface area contributed by atoms with Gasteiger partial charge in [-0.2, -0.15) is 0 Å². The minimum absolute atomic E-state index is 0.260. The Kier molecular flexibility index (Phi) is 6.13. The van der Waals surface area contributed by atoms with Crippen molar-refractivity contribution >= 4 is 29.3 Å². The lowest BCUT2D eigenvalue weighted by atomic mass is 9.98. The van der Waals surface area contributed by atoms with E-state index in [0.717, 1.165) is 16.7 Å². The Labute approximate surface area is 192 Å². The van der Waals surface area contributed by atoms with E-state index in [1.54, 1.807) is 31.2 Å². The standard InChI is InChI=1S/C26H25N3O4/c1-3-23(25(31)32)29-16(2)21-14-11-18(15-22(21)24(29)30)17-9-12-20(13-10-17)28-26(33)27-19-7-5-4-6-8-19/h4-16,23H,3H2,1-2H3,(H,31,32)(H2,27,28,33). The molecule has 3 N–H and O–H groups in total. The molecule has 7 heteroatoms. The van der Waals surface area contributed by atoms with Crippen molar-refractivity contribution in [2.75, 3.05) is 10.6 Å². The number of amides is 3. The van der Waals surface area contributed by atoms with Gasteiger partial charge in [-0.3, -0.25) is 4.79 Å². The van der Waals surface area contributed by atoms with Crippen LogP contribution in [-0.4, -0.2) is 34.0 Å². The van der Waals surface area contributed by atoms with E-state index in [2.05, 4.69) is 10.6 Å². The molecule has 0 aromatic heterocycles. The van der Waals surface area contributed by atoms with Gasteiger partial charge in [0.05, 0.1) is 6.04 Å². The monoisotopic (exact) mass is 443 g/mol. The highest BCUT2D eigenvalue weighted by Crippen LogP contribution is 2.38. The number of nitrogens with one attached hydrogen (secondary N) is 2. The lowest BCUT2D eigenvalue weighted by Gasteiger charge is -2.28. The molecule has 4 rings (SSSR count). The van der Waals surface area contributed by atoms with Gasteiger partial charge in [0, 0.05) is 16.9 Å². The van der Waals surface area contributed by atoms with Crippen molar-refractivity contribution in [3.8, 4) is 11.1 Å². The first-order valence-electron chi connectivity index (χ1n) is 10.8. The van der Waals surface area contributed by atoms with Crippen LogP contribution in [0.25, 0.3) is 11.1 Å². The smallest absolute Gasteiger partial charge is 0.326 e. The van der Waals surface area contributed by atoms with Gasteiger partial charge in [0.1, 0.15) is 6.04 Å². The number of carboxylic acids is 1. The number of rotatable bonds is 6. The number of nitrogens with zero attached hydrogens (tertiary/aromatic N) is 1. The molecule has 0 saturated heterocycles. The van der Waals surface area contributed by atoms with Crippen LogP contribution < -0.4 is 10.6 Å². The van der Waals surface area contributed by atoms with Gasteiger partial charge in [-0.25, -0.2) is 9.59 Å². The van der Waals surface area contributed by atoms with Crippen molar-refractivity contribution in [2.45, 2.75) is 32.4 Å². The van der Waals surface area contributed by atoms with Crippen LogP contribution in [0.2, 0.25) is 0 Å². The van der Waals surface area contributed by atoms with E-state index in [-0.39, 0.29) is 18.0 Å². The summed E-state index contributed by atoms with van der Waals surface area (Å²) >= 11 is 0. The predicted octanol–water partition coefficient (Wildman–Crippen LogP) is 5.38. The van der Waals surface area contributed by atoms with Crippen LogP contribution in [0.4, 0.5) is 16.2 Å². The Balaban J connectivity index is 1.50. The van der Waals surface area contributed by atoms with Gasteiger partial charge in [0.2, 0.25) is 0 Å². The van der Waals surface area contributed by atoms with Crippen LogP contribution in [0, 0.1) is 0 Å². The molecule has 7 nitrogen and oxygen atoms in total. The maximum absolute atomic E-state index is 13.0. The summed E-state index contributed by atoms with van der Waals surface area (Å²) in [6, 6.07) is 20.6. The van der Waals surface area contributed by atoms with Crippen LogP contribution in [-0.2, 0) is 4.79 Å². The quantitative estimate of drug-likeness (QED) is 0.476. The average molecular weight is 444 g/mol. The molecule has 1 heterocycles. The number of carbonyl (C=O) groups is 3. The van der Waals surface area contributed by atoms with E-state index in [0.29, 0.717) is 23.4 Å². The summed E-state index contributed by atoms with van der Waals surface area (Å²) in [5.41, 5.74) is 4.43. The lowest BCUT2D eigenvalue weighted by molar-refractivity contribution is -0.143. The number of fused-ring (bicyclic) bond motifs is 1. The number of hydrogen-bond donors (Lipinski definition) is 3. The first-order valence-corrected chi connectivity index (χ1v) is 10.8. The van der Waals surface area contributed by atoms with Crippen molar-refractivity contribution in [1.82, 2.24) is 4.90 Å². The Bertz CT molecular complexity index is 1190. The minimum atomic E-state index is -0.995. The molecule has 2 atom stereocenters. The summed E-state index contributed by atoms with van der Waals surface area (Å²) in [5, 5.41) is 15.1. The highest BCUT2D eigenvalue weighted by Gasteiger charge is 2.40. The van der Waals surface area contributed by atoms with Gasteiger partial charge in [-0.15, -0.1) is 0 Å². The molecule has 0 radical (unpaired) electrons. The Hall–Kier alpha value is -4.13. The zero-order valence-electron chi connectivity index (χ0n) is 18.4. The number of carboxylic acid groups (broad SMARTS) is 1. The summed E-state index contributed by atoms with van der Waals surface area (Å²) in [4.78, 5) is 38.3. The lowest BCUT2D eigenvalue weighted by Crippen LogP contribution is -2.42. The summed E-state index contributed by atoms with van der Waals surface area (Å²) < 4.78 is 0. The molecule has 1 aliphatic rings. The molecule has 0 fully saturated rings. The van der Waals surface area contributed by atoms with Gasteiger partial charge < -0.3 is 20.6 Å². The number of carbonyl (C=O) groups excluding carboxylic acids is 2. The molecular formula is C26H25N3O4. The SMILES string of the molecule is CCC(C(=O)O)N1C(=O)c2cc(-c3ccc(NC(=O)Nc4ccccc4)cc3)ccc2C1C. The maximum Gasteiger partial charge on any atom is 0.326 e. The Morgan fingerprint density at radius 1 is 0.939 bits per heavy atom. The molecule has 3 aromatic rings. The number of aliphatic carboxylic acids is 1. The molecule has 0 aliphatic carbocycles. The second-order valence-corrected chi connectivity index (χ2v) is 7.98. The molecule has 3 amide bonds. The van der Waals surface area contributed by atoms with E-state index >= 15 is 0 Å². The van der Waals surface area contributed by atoms with Gasteiger partial charge in [-0.1, -0.05) is 49.4 Å². The number of anilines is 2. The van der Waals surface area contributed by atoms with Crippen molar-refractivity contribution in [1.29, 1.82) is 0 Å². The first-order chi connectivity index (χ1) is 15.9. The number of urea groups is 1. The fourth-order valence-corrected chi connectivity index (χ4v) is 4.21. The molecule has 3 aromatic carbocycles. The van der Waals surface area contributed by atoms with Crippen LogP contribution in [0.3, 0.4) is 0 Å². The van der Waals surface area contributed by atoms with Crippen molar-refractivity contribution < 1.29 is 19.5 Å². The third-order valence-corrected chi connectivity index (χ3v) is 5.90. The van der Waals surface area contributed by atoms with Crippen molar-refractivity contribution in [2.24, 2.45) is 0 Å². The largest absolute Gasteiger partial charge is 0.480 e. The molecule has 1 aliphatic heterocycles. The predicted molar refractivity (Wildman–Crippen MR) is 127 cm³/mol. The highest BCUT2D eigenvalue weighted by molar-refractivity contribution is 6.02. The third-order valence-electron chi connectivity index (χ3n) is 5.90. The van der Waals surface area contributed by atoms with Gasteiger partial charge in [0.25, 0.3) is 5.91 Å². The number of hydrogen-bond acceptors (Lipinski definition) is 3. The zero-order valence-corrected chi connectivity index (χ0v) is 18.4. The van der Waals surface area contributed by atoms with Crippen molar-refractivity contribution in [3.63, 3.8) is 0 Å². The van der Waals surface area contributed by atoms with Crippen LogP contribution in [0.15, 0.2) is 72.8 Å². The van der Waals surface area contributed by atoms with E-state index in [1.165, 1.54) is 4.90 Å². The number of benzene rings is 3. The van der Waals surface area contributed by atoms with E-state index < -0.39 is 12.0 Å². The minimum Gasteiger partial charge on any atom is -0.480 e. The summed E-state index contributed by atoms with van der Waals surface area (Å²) in [6.45, 7) is 3.62. The molecule has 2 unspecified atom stereocenters. The summed E-state index contributed by atoms with van der Waals surface area (Å²) in [5.74, 6) is -1.26. The van der Waals surface area contributed by atoms with Gasteiger partial charge in [-0.05, 0) is 60.4 Å². The molecule has 0 bridgehead atoms. The summed E-state index contributed by atoms with van der Waals surface area (Å²) in [7, 11) is 0. The molecule has 168 valence electrons. The van der Waals surface area contributed by atoms with E-state index in [9.17, 15) is 19.5 Å². The fraction of sp³-hybridized carbons (Fsp3) is 0.192. The Morgan fingerprint density at radius 3 is 2.15 bits per heavy atom. The normalized spacial score (nSPS) is 15.6. The average Bonchev–Trinajstić information content (AvgIpc) is 3.05. The van der Waals surface area contributed by atoms with Gasteiger partial charge in [0.15, 0.2) is 0 Å². The zero-order chi connectivity index (χ0) is 23.5. The highest BCUT2D eigenvalue weighted by atomic mass is 16.4. The van der Waals surface area contributed by atoms with Crippen LogP contribution in [0.5, 0.6) is 0 Å². The molecular weight excluding hydrogens is 418 g/mol. The second kappa shape index (κ2) is 9.16. The summed E-state index contributed by atoms with van der Waals surface area (Å²) in [6.07, 6.45) is 0.346. The van der Waals surface area contributed by atoms with Crippen LogP contribution in [0.1, 0.15) is 42.2 Å². The first kappa shape index (κ1) is 22.1. The maximum atomic E-state index is 13.0. The molecule has 0 saturated carbocycles. The van der Waals surface area contributed by atoms with E-state index in [4.69, 9.17) is 0 Å². The fourth-order valence-electron chi connectivity index (χ4n) is 4.21. The third kappa shape index (κ3) is 4.43. The molecule has 33 heavy (non-hydrogen) atoms. The second-order valence-electron chi connectivity index (χ2n) is 7.98. The van der Waals surface area contributed by atoms with Gasteiger partial charge >= 0.3 is 12.0 Å². The molecule has 0 spiro atoms. The van der Waals surface area contributed by atoms with Crippen molar-refractivity contribution in [3.05, 3.63) is 83.9 Å². The Morgan fingerprint density at radius 2 is 1.55 bits per heavy atom. The van der Waals surface area contributed by atoms with E-state index in [1.807, 2.05) is 55.5 Å². The number of para-hydroxylation sites is 1. The van der Waals surface area contributed by atoms with Crippen LogP contribution >= 0.6 is 0 Å². The topological polar surface area (TPSA) is 98.7 Å².